The van der Waals surface area contributed by atoms with Crippen LogP contribution < -0.4 is 10.9 Å². The third-order valence-electron chi connectivity index (χ3n) is 4.70. The molecule has 2 heterocycles. The second-order valence-electron chi connectivity index (χ2n) is 7.10. The number of pyridine rings is 1. The Labute approximate surface area is 189 Å². The van der Waals surface area contributed by atoms with Gasteiger partial charge in [0.15, 0.2) is 0 Å². The number of nitrogens with one attached hydrogen (secondary N) is 1. The predicted octanol–water partition coefficient (Wildman–Crippen LogP) is 4.78. The molecule has 5 nitrogen and oxygen atoms in total. The number of hydrogen-bond donors (Lipinski definition) is 1. The number of rotatable bonds is 7. The molecule has 4 aromatic rings. The molecule has 0 saturated carbocycles. The van der Waals surface area contributed by atoms with Crippen LogP contribution in [0, 0.1) is 0 Å². The number of halogens is 1. The van der Waals surface area contributed by atoms with Crippen molar-refractivity contribution in [3.63, 3.8) is 0 Å². The zero-order chi connectivity index (χ0) is 21.6. The lowest BCUT2D eigenvalue weighted by molar-refractivity contribution is -0.115. The summed E-state index contributed by atoms with van der Waals surface area (Å²) < 4.78 is 1.53. The van der Waals surface area contributed by atoms with E-state index in [9.17, 15) is 9.59 Å². The van der Waals surface area contributed by atoms with Crippen molar-refractivity contribution >= 4 is 34.5 Å². The molecular weight excluding hydrogens is 430 g/mol. The molecule has 2 aromatic heterocycles. The Morgan fingerprint density at radius 1 is 1.03 bits per heavy atom. The highest BCUT2D eigenvalue weighted by Crippen LogP contribution is 2.17. The fraction of sp³-hybridized carbons (Fsp3) is 0.125. The third-order valence-corrected chi connectivity index (χ3v) is 5.97. The van der Waals surface area contributed by atoms with Crippen molar-refractivity contribution in [2.75, 3.05) is 5.32 Å². The van der Waals surface area contributed by atoms with Gasteiger partial charge in [-0.25, -0.2) is 4.98 Å². The highest BCUT2D eigenvalue weighted by molar-refractivity contribution is 7.09. The van der Waals surface area contributed by atoms with Crippen molar-refractivity contribution in [1.82, 2.24) is 9.55 Å². The predicted molar refractivity (Wildman–Crippen MR) is 125 cm³/mol. The van der Waals surface area contributed by atoms with Crippen LogP contribution in [0.5, 0.6) is 0 Å². The second kappa shape index (κ2) is 9.73. The molecular formula is C24H20ClN3O2S. The molecule has 0 radical (unpaired) electrons. The summed E-state index contributed by atoms with van der Waals surface area (Å²) in [5, 5.41) is 6.33. The van der Waals surface area contributed by atoms with Crippen LogP contribution >= 0.6 is 22.9 Å². The van der Waals surface area contributed by atoms with Gasteiger partial charge in [-0.05, 0) is 23.3 Å². The molecule has 156 valence electrons. The number of carbonyl (C=O) groups excluding carboxylic acids is 1. The minimum Gasteiger partial charge on any atom is -0.324 e. The third kappa shape index (κ3) is 5.69. The SMILES string of the molecule is O=C(Cc1csc(Cc2ccccc2)n1)Nc1ccc(=O)n(Cc2ccccc2Cl)c1. The smallest absolute Gasteiger partial charge is 0.250 e. The van der Waals surface area contributed by atoms with Gasteiger partial charge in [-0.15, -0.1) is 11.3 Å². The van der Waals surface area contributed by atoms with Crippen LogP contribution in [0.4, 0.5) is 5.69 Å². The number of nitrogens with zero attached hydrogens (tertiary/aromatic N) is 2. The first-order valence-corrected chi connectivity index (χ1v) is 11.0. The Morgan fingerprint density at radius 3 is 2.61 bits per heavy atom. The van der Waals surface area contributed by atoms with Gasteiger partial charge in [-0.1, -0.05) is 60.1 Å². The average Bonchev–Trinajstić information content (AvgIpc) is 3.19. The molecule has 0 bridgehead atoms. The van der Waals surface area contributed by atoms with Crippen molar-refractivity contribution in [3.05, 3.63) is 116 Å². The summed E-state index contributed by atoms with van der Waals surface area (Å²) in [5.41, 5.74) is 3.15. The minimum atomic E-state index is -0.181. The summed E-state index contributed by atoms with van der Waals surface area (Å²) in [4.78, 5) is 29.3. The van der Waals surface area contributed by atoms with Crippen molar-refractivity contribution in [2.45, 2.75) is 19.4 Å². The summed E-state index contributed by atoms with van der Waals surface area (Å²) in [6.45, 7) is 0.331. The molecule has 0 spiro atoms. The maximum atomic E-state index is 12.5. The first-order valence-electron chi connectivity index (χ1n) is 9.78. The van der Waals surface area contributed by atoms with E-state index < -0.39 is 0 Å². The van der Waals surface area contributed by atoms with E-state index in [0.717, 1.165) is 22.7 Å². The van der Waals surface area contributed by atoms with Crippen molar-refractivity contribution in [1.29, 1.82) is 0 Å². The molecule has 0 aliphatic carbocycles. The van der Waals surface area contributed by atoms with E-state index in [-0.39, 0.29) is 17.9 Å². The maximum Gasteiger partial charge on any atom is 0.250 e. The largest absolute Gasteiger partial charge is 0.324 e. The maximum absolute atomic E-state index is 12.5. The van der Waals surface area contributed by atoms with Crippen LogP contribution in [0.3, 0.4) is 0 Å². The summed E-state index contributed by atoms with van der Waals surface area (Å²) >= 11 is 7.75. The number of benzene rings is 2. The molecule has 1 amide bonds. The number of thiazole rings is 1. The molecule has 0 unspecified atom stereocenters. The van der Waals surface area contributed by atoms with E-state index in [0.29, 0.717) is 17.3 Å². The second-order valence-corrected chi connectivity index (χ2v) is 8.45. The van der Waals surface area contributed by atoms with Gasteiger partial charge < -0.3 is 9.88 Å². The molecule has 0 fully saturated rings. The van der Waals surface area contributed by atoms with E-state index in [1.54, 1.807) is 29.7 Å². The zero-order valence-electron chi connectivity index (χ0n) is 16.6. The van der Waals surface area contributed by atoms with Crippen LogP contribution in [-0.4, -0.2) is 15.5 Å². The summed E-state index contributed by atoms with van der Waals surface area (Å²) in [6, 6.07) is 20.5. The van der Waals surface area contributed by atoms with Crippen molar-refractivity contribution in [2.24, 2.45) is 0 Å². The molecule has 2 aromatic carbocycles. The van der Waals surface area contributed by atoms with Crippen LogP contribution in [0.1, 0.15) is 21.8 Å². The number of carbonyl (C=O) groups is 1. The highest BCUT2D eigenvalue weighted by Gasteiger charge is 2.10. The number of amides is 1. The highest BCUT2D eigenvalue weighted by atomic mass is 35.5. The summed E-state index contributed by atoms with van der Waals surface area (Å²) in [5.74, 6) is -0.181. The molecule has 0 saturated heterocycles. The summed E-state index contributed by atoms with van der Waals surface area (Å²) in [6.07, 6.45) is 2.56. The normalized spacial score (nSPS) is 10.7. The Hall–Kier alpha value is -3.22. The lowest BCUT2D eigenvalue weighted by atomic mass is 10.2. The van der Waals surface area contributed by atoms with Gasteiger partial charge in [0, 0.05) is 29.1 Å². The number of hydrogen-bond acceptors (Lipinski definition) is 4. The molecule has 1 N–H and O–H groups in total. The van der Waals surface area contributed by atoms with Crippen LogP contribution in [0.2, 0.25) is 5.02 Å². The van der Waals surface area contributed by atoms with Crippen LogP contribution in [0.25, 0.3) is 0 Å². The topological polar surface area (TPSA) is 64.0 Å². The average molecular weight is 450 g/mol. The van der Waals surface area contributed by atoms with E-state index in [4.69, 9.17) is 11.6 Å². The van der Waals surface area contributed by atoms with Gasteiger partial charge in [0.1, 0.15) is 0 Å². The van der Waals surface area contributed by atoms with E-state index in [1.165, 1.54) is 16.2 Å². The van der Waals surface area contributed by atoms with Crippen LogP contribution in [-0.2, 0) is 24.2 Å². The molecule has 0 aliphatic rings. The van der Waals surface area contributed by atoms with E-state index >= 15 is 0 Å². The fourth-order valence-corrected chi connectivity index (χ4v) is 4.21. The molecule has 7 heteroatoms. The van der Waals surface area contributed by atoms with Gasteiger partial charge in [-0.2, -0.15) is 0 Å². The molecule has 4 rings (SSSR count). The van der Waals surface area contributed by atoms with Gasteiger partial charge >= 0.3 is 0 Å². The molecule has 0 aliphatic heterocycles. The molecule has 0 atom stereocenters. The number of anilines is 1. The zero-order valence-corrected chi connectivity index (χ0v) is 18.2. The lowest BCUT2D eigenvalue weighted by Gasteiger charge is -2.10. The first kappa shape index (κ1) is 21.0. The first-order chi connectivity index (χ1) is 15.1. The van der Waals surface area contributed by atoms with E-state index in [2.05, 4.69) is 22.4 Å². The number of aromatic nitrogens is 2. The Kier molecular flexibility index (Phi) is 6.60. The van der Waals surface area contributed by atoms with Gasteiger partial charge in [0.25, 0.3) is 5.56 Å². The van der Waals surface area contributed by atoms with Gasteiger partial charge in [0.2, 0.25) is 5.91 Å². The van der Waals surface area contributed by atoms with Crippen LogP contribution in [0.15, 0.2) is 83.1 Å². The quantitative estimate of drug-likeness (QED) is 0.441. The minimum absolute atomic E-state index is 0.164. The fourth-order valence-electron chi connectivity index (χ4n) is 3.19. The molecule has 31 heavy (non-hydrogen) atoms. The van der Waals surface area contributed by atoms with Gasteiger partial charge in [-0.3, -0.25) is 9.59 Å². The van der Waals surface area contributed by atoms with Crippen molar-refractivity contribution in [3.8, 4) is 0 Å². The monoisotopic (exact) mass is 449 g/mol. The van der Waals surface area contributed by atoms with E-state index in [1.807, 2.05) is 41.8 Å². The van der Waals surface area contributed by atoms with Gasteiger partial charge in [0.05, 0.1) is 29.4 Å². The Bertz CT molecular complexity index is 1250. The van der Waals surface area contributed by atoms with Crippen molar-refractivity contribution < 1.29 is 4.79 Å². The lowest BCUT2D eigenvalue weighted by Crippen LogP contribution is -2.22. The standard InChI is InChI=1S/C24H20ClN3O2S/c25-21-9-5-4-8-18(21)14-28-15-19(10-11-24(28)30)26-22(29)13-20-16-31-23(27-20)12-17-6-2-1-3-7-17/h1-11,15-16H,12-14H2,(H,26,29). The summed E-state index contributed by atoms with van der Waals surface area (Å²) in [7, 11) is 0. The Morgan fingerprint density at radius 2 is 1.81 bits per heavy atom. The Balaban J connectivity index is 1.40.